The summed E-state index contributed by atoms with van der Waals surface area (Å²) in [6.45, 7) is 12.2. The Morgan fingerprint density at radius 3 is 1.91 bits per heavy atom. The normalized spacial score (nSPS) is 12.8. The van der Waals surface area contributed by atoms with Crippen LogP contribution in [0.2, 0.25) is 0 Å². The predicted molar refractivity (Wildman–Crippen MR) is 96.0 cm³/mol. The van der Waals surface area contributed by atoms with E-state index in [1.807, 2.05) is 45.9 Å². The van der Waals surface area contributed by atoms with Crippen LogP contribution in [0.4, 0.5) is 0 Å². The Balaban J connectivity index is 3.02. The fourth-order valence-electron chi connectivity index (χ4n) is 3.14. The molecule has 2 aromatic carbocycles. The Kier molecular flexibility index (Phi) is 4.88. The van der Waals surface area contributed by atoms with Crippen LogP contribution in [0.25, 0.3) is 10.8 Å². The smallest absolute Gasteiger partial charge is 0.282 e. The van der Waals surface area contributed by atoms with Gasteiger partial charge in [-0.3, -0.25) is 4.55 Å². The zero-order valence-corrected chi connectivity index (χ0v) is 15.5. The maximum Gasteiger partial charge on any atom is 0.295 e. The van der Waals surface area contributed by atoms with Gasteiger partial charge in [0.2, 0.25) is 0 Å². The summed E-state index contributed by atoms with van der Waals surface area (Å²) in [6.07, 6.45) is 0. The summed E-state index contributed by atoms with van der Waals surface area (Å²) in [7, 11) is -4.29. The van der Waals surface area contributed by atoms with Crippen LogP contribution in [0.5, 0.6) is 0 Å². The summed E-state index contributed by atoms with van der Waals surface area (Å²) < 4.78 is 34.1. The molecule has 0 amide bonds. The Labute approximate surface area is 139 Å². The molecule has 0 aliphatic carbocycles. The van der Waals surface area contributed by atoms with E-state index in [0.717, 1.165) is 22.1 Å². The third-order valence-corrected chi connectivity index (χ3v) is 5.27. The number of rotatable bonds is 4. The Bertz CT molecular complexity index is 831. The van der Waals surface area contributed by atoms with E-state index in [2.05, 4.69) is 19.9 Å². The molecule has 0 saturated heterocycles. The highest BCUT2D eigenvalue weighted by molar-refractivity contribution is 7.86. The van der Waals surface area contributed by atoms with Gasteiger partial charge < -0.3 is 0 Å². The van der Waals surface area contributed by atoms with Crippen molar-refractivity contribution in [3.05, 3.63) is 41.0 Å². The first-order valence-electron chi connectivity index (χ1n) is 8.12. The van der Waals surface area contributed by atoms with Crippen molar-refractivity contribution in [1.82, 2.24) is 0 Å². The molecule has 4 heteroatoms. The molecular weight excluding hydrogens is 308 g/mol. The van der Waals surface area contributed by atoms with Gasteiger partial charge in [-0.05, 0) is 39.8 Å². The summed E-state index contributed by atoms with van der Waals surface area (Å²) in [6, 6.07) is 7.88. The van der Waals surface area contributed by atoms with Crippen molar-refractivity contribution in [3.63, 3.8) is 0 Å². The lowest BCUT2D eigenvalue weighted by Crippen LogP contribution is -2.10. The van der Waals surface area contributed by atoms with Crippen LogP contribution in [0.3, 0.4) is 0 Å². The van der Waals surface area contributed by atoms with Crippen LogP contribution in [-0.2, 0) is 10.1 Å². The van der Waals surface area contributed by atoms with Crippen molar-refractivity contribution < 1.29 is 13.0 Å². The maximum atomic E-state index is 12.1. The van der Waals surface area contributed by atoms with Crippen LogP contribution in [-0.4, -0.2) is 13.0 Å². The van der Waals surface area contributed by atoms with E-state index in [1.165, 1.54) is 0 Å². The molecule has 0 saturated carbocycles. The first-order chi connectivity index (χ1) is 10.5. The van der Waals surface area contributed by atoms with Crippen LogP contribution in [0, 0.1) is 0 Å². The molecule has 2 rings (SSSR count). The lowest BCUT2D eigenvalue weighted by Gasteiger charge is -2.22. The van der Waals surface area contributed by atoms with E-state index < -0.39 is 10.1 Å². The van der Waals surface area contributed by atoms with Crippen LogP contribution < -0.4 is 0 Å². The second kappa shape index (κ2) is 6.25. The quantitative estimate of drug-likeness (QED) is 0.756. The molecule has 0 aliphatic heterocycles. The molecule has 0 atom stereocenters. The van der Waals surface area contributed by atoms with Gasteiger partial charge >= 0.3 is 0 Å². The van der Waals surface area contributed by atoms with E-state index in [4.69, 9.17) is 0 Å². The lowest BCUT2D eigenvalue weighted by atomic mass is 9.87. The van der Waals surface area contributed by atoms with Crippen molar-refractivity contribution in [2.45, 2.75) is 64.2 Å². The number of fused-ring (bicyclic) bond motifs is 1. The van der Waals surface area contributed by atoms with Gasteiger partial charge in [0.1, 0.15) is 4.90 Å². The van der Waals surface area contributed by atoms with Gasteiger partial charge in [-0.25, -0.2) is 0 Å². The Morgan fingerprint density at radius 1 is 0.870 bits per heavy atom. The zero-order valence-electron chi connectivity index (χ0n) is 14.7. The fraction of sp³-hybridized carbons (Fsp3) is 0.474. The molecule has 0 radical (unpaired) electrons. The van der Waals surface area contributed by atoms with Gasteiger partial charge in [0, 0.05) is 5.39 Å². The van der Waals surface area contributed by atoms with Crippen molar-refractivity contribution in [2.75, 3.05) is 0 Å². The highest BCUT2D eigenvalue weighted by Crippen LogP contribution is 2.38. The minimum atomic E-state index is -4.29. The van der Waals surface area contributed by atoms with E-state index in [-0.39, 0.29) is 16.7 Å². The molecule has 0 aromatic heterocycles. The summed E-state index contributed by atoms with van der Waals surface area (Å²) in [5.41, 5.74) is 2.87. The van der Waals surface area contributed by atoms with E-state index in [9.17, 15) is 13.0 Å². The summed E-state index contributed by atoms with van der Waals surface area (Å²) >= 11 is 0. The van der Waals surface area contributed by atoms with E-state index in [0.29, 0.717) is 11.3 Å². The van der Waals surface area contributed by atoms with Crippen molar-refractivity contribution in [2.24, 2.45) is 0 Å². The molecule has 23 heavy (non-hydrogen) atoms. The monoisotopic (exact) mass is 334 g/mol. The van der Waals surface area contributed by atoms with Crippen LogP contribution in [0.15, 0.2) is 29.2 Å². The number of hydrogen-bond donors (Lipinski definition) is 1. The Morgan fingerprint density at radius 2 is 1.48 bits per heavy atom. The molecule has 126 valence electrons. The predicted octanol–water partition coefficient (Wildman–Crippen LogP) is 5.46. The van der Waals surface area contributed by atoms with Gasteiger partial charge in [-0.1, -0.05) is 65.8 Å². The minimum Gasteiger partial charge on any atom is -0.282 e. The molecule has 3 nitrogen and oxygen atoms in total. The third-order valence-electron chi connectivity index (χ3n) is 4.31. The van der Waals surface area contributed by atoms with Gasteiger partial charge in [0.15, 0.2) is 0 Å². The third kappa shape index (κ3) is 3.43. The molecule has 0 heterocycles. The lowest BCUT2D eigenvalue weighted by molar-refractivity contribution is 0.482. The SMILES string of the molecule is CC(C)c1ccc2c(S(=O)(=O)O)c(C(C)C)c(C(C)C)cc2c1. The van der Waals surface area contributed by atoms with Gasteiger partial charge in [0.25, 0.3) is 10.1 Å². The van der Waals surface area contributed by atoms with E-state index >= 15 is 0 Å². The second-order valence-corrected chi connectivity index (χ2v) is 8.49. The van der Waals surface area contributed by atoms with Crippen molar-refractivity contribution in [3.8, 4) is 0 Å². The number of benzene rings is 2. The van der Waals surface area contributed by atoms with Gasteiger partial charge in [-0.2, -0.15) is 8.42 Å². The second-order valence-electron chi connectivity index (χ2n) is 7.13. The summed E-state index contributed by atoms with van der Waals surface area (Å²) in [4.78, 5) is 0.0732. The highest BCUT2D eigenvalue weighted by Gasteiger charge is 2.25. The number of hydrogen-bond acceptors (Lipinski definition) is 2. The minimum absolute atomic E-state index is 0.0125. The van der Waals surface area contributed by atoms with Crippen molar-refractivity contribution >= 4 is 20.9 Å². The van der Waals surface area contributed by atoms with Crippen molar-refractivity contribution in [1.29, 1.82) is 0 Å². The largest absolute Gasteiger partial charge is 0.295 e. The molecular formula is C19H26O3S. The fourth-order valence-corrected chi connectivity index (χ4v) is 4.23. The summed E-state index contributed by atoms with van der Waals surface area (Å²) in [5, 5.41) is 1.47. The molecule has 0 bridgehead atoms. The summed E-state index contributed by atoms with van der Waals surface area (Å²) in [5.74, 6) is 0.555. The average Bonchev–Trinajstić information content (AvgIpc) is 2.42. The molecule has 0 spiro atoms. The first kappa shape index (κ1) is 18.0. The van der Waals surface area contributed by atoms with Gasteiger partial charge in [-0.15, -0.1) is 0 Å². The van der Waals surface area contributed by atoms with Gasteiger partial charge in [0.05, 0.1) is 0 Å². The first-order valence-corrected chi connectivity index (χ1v) is 9.56. The standard InChI is InChI=1S/C19H26O3S/c1-11(2)14-7-8-16-15(9-14)10-17(12(3)4)18(13(5)6)19(16)23(20,21)22/h7-13H,1-6H3,(H,20,21,22). The molecule has 1 N–H and O–H groups in total. The van der Waals surface area contributed by atoms with Crippen LogP contribution in [0.1, 0.15) is 76.0 Å². The maximum absolute atomic E-state index is 12.1. The molecule has 0 aliphatic rings. The zero-order chi connectivity index (χ0) is 17.5. The van der Waals surface area contributed by atoms with E-state index in [1.54, 1.807) is 0 Å². The van der Waals surface area contributed by atoms with Crippen LogP contribution >= 0.6 is 0 Å². The topological polar surface area (TPSA) is 54.4 Å². The Hall–Kier alpha value is -1.39. The average molecular weight is 334 g/mol. The highest BCUT2D eigenvalue weighted by atomic mass is 32.2. The molecule has 0 unspecified atom stereocenters. The molecule has 2 aromatic rings. The molecule has 0 fully saturated rings.